The molecule has 1 N–H and O–H groups in total. The van der Waals surface area contributed by atoms with Crippen molar-refractivity contribution < 1.29 is 9.53 Å². The van der Waals surface area contributed by atoms with Crippen LogP contribution in [0, 0.1) is 11.3 Å². The Kier molecular flexibility index (Phi) is 5.26. The second-order valence-corrected chi connectivity index (χ2v) is 5.75. The SMILES string of the molecule is CCn1cnnc1[C@H]1CN(C(=O)NCc2cccc(C#N)c2)CCO1. The van der Waals surface area contributed by atoms with Crippen LogP contribution in [0.25, 0.3) is 0 Å². The molecule has 0 saturated carbocycles. The van der Waals surface area contributed by atoms with Gasteiger partial charge in [-0.2, -0.15) is 5.26 Å². The minimum atomic E-state index is -0.274. The third-order valence-electron chi connectivity index (χ3n) is 4.13. The molecule has 25 heavy (non-hydrogen) atoms. The van der Waals surface area contributed by atoms with Crippen molar-refractivity contribution in [2.24, 2.45) is 0 Å². The van der Waals surface area contributed by atoms with Crippen molar-refractivity contribution in [2.45, 2.75) is 26.1 Å². The summed E-state index contributed by atoms with van der Waals surface area (Å²) >= 11 is 0. The lowest BCUT2D eigenvalue weighted by atomic mass is 10.1. The number of nitrogens with zero attached hydrogens (tertiary/aromatic N) is 5. The quantitative estimate of drug-likeness (QED) is 0.909. The number of hydrogen-bond acceptors (Lipinski definition) is 5. The van der Waals surface area contributed by atoms with Gasteiger partial charge in [0.2, 0.25) is 0 Å². The number of aromatic nitrogens is 3. The molecular formula is C17H20N6O2. The molecular weight excluding hydrogens is 320 g/mol. The van der Waals surface area contributed by atoms with Crippen molar-refractivity contribution in [1.82, 2.24) is 25.0 Å². The third-order valence-corrected chi connectivity index (χ3v) is 4.13. The Morgan fingerprint density at radius 3 is 3.20 bits per heavy atom. The largest absolute Gasteiger partial charge is 0.366 e. The maximum atomic E-state index is 12.4. The number of aryl methyl sites for hydroxylation is 1. The van der Waals surface area contributed by atoms with Gasteiger partial charge in [0.1, 0.15) is 12.4 Å². The number of ether oxygens (including phenoxy) is 1. The molecule has 2 heterocycles. The van der Waals surface area contributed by atoms with E-state index in [1.54, 1.807) is 23.4 Å². The van der Waals surface area contributed by atoms with Crippen LogP contribution in [0.4, 0.5) is 4.79 Å². The molecule has 1 aromatic heterocycles. The summed E-state index contributed by atoms with van der Waals surface area (Å²) < 4.78 is 7.67. The lowest BCUT2D eigenvalue weighted by Gasteiger charge is -2.32. The summed E-state index contributed by atoms with van der Waals surface area (Å²) in [6.07, 6.45) is 1.39. The van der Waals surface area contributed by atoms with Crippen molar-refractivity contribution in [1.29, 1.82) is 5.26 Å². The number of carbonyl (C=O) groups excluding carboxylic acids is 1. The lowest BCUT2D eigenvalue weighted by Crippen LogP contribution is -2.47. The van der Waals surface area contributed by atoms with Gasteiger partial charge in [-0.3, -0.25) is 0 Å². The topological polar surface area (TPSA) is 96.1 Å². The van der Waals surface area contributed by atoms with Gasteiger partial charge in [-0.05, 0) is 24.6 Å². The Morgan fingerprint density at radius 1 is 1.52 bits per heavy atom. The molecule has 1 aromatic carbocycles. The van der Waals surface area contributed by atoms with Crippen LogP contribution in [0.2, 0.25) is 0 Å². The van der Waals surface area contributed by atoms with Gasteiger partial charge in [0.15, 0.2) is 5.82 Å². The molecule has 0 spiro atoms. The van der Waals surface area contributed by atoms with E-state index in [0.717, 1.165) is 17.9 Å². The summed E-state index contributed by atoms with van der Waals surface area (Å²) in [5.41, 5.74) is 1.47. The van der Waals surface area contributed by atoms with Gasteiger partial charge < -0.3 is 19.5 Å². The highest BCUT2D eigenvalue weighted by Gasteiger charge is 2.28. The minimum Gasteiger partial charge on any atom is -0.366 e. The van der Waals surface area contributed by atoms with Gasteiger partial charge in [0, 0.05) is 19.6 Å². The molecule has 0 unspecified atom stereocenters. The molecule has 0 radical (unpaired) electrons. The molecule has 2 aromatic rings. The smallest absolute Gasteiger partial charge is 0.317 e. The summed E-state index contributed by atoms with van der Waals surface area (Å²) in [5.74, 6) is 0.738. The van der Waals surface area contributed by atoms with Gasteiger partial charge in [0.05, 0.1) is 24.8 Å². The first-order chi connectivity index (χ1) is 12.2. The van der Waals surface area contributed by atoms with Gasteiger partial charge in [-0.25, -0.2) is 4.79 Å². The molecule has 1 aliphatic rings. The van der Waals surface area contributed by atoms with E-state index in [-0.39, 0.29) is 12.1 Å². The number of rotatable bonds is 4. The number of morpholine rings is 1. The summed E-state index contributed by atoms with van der Waals surface area (Å²) in [4.78, 5) is 14.2. The van der Waals surface area contributed by atoms with Crippen molar-refractivity contribution in [3.8, 4) is 6.07 Å². The first-order valence-electron chi connectivity index (χ1n) is 8.22. The van der Waals surface area contributed by atoms with Crippen molar-refractivity contribution in [3.05, 3.63) is 47.5 Å². The van der Waals surface area contributed by atoms with Gasteiger partial charge in [-0.15, -0.1) is 10.2 Å². The molecule has 2 amide bonds. The highest BCUT2D eigenvalue weighted by Crippen LogP contribution is 2.20. The fraction of sp³-hybridized carbons (Fsp3) is 0.412. The average molecular weight is 340 g/mol. The average Bonchev–Trinajstić information content (AvgIpc) is 3.15. The van der Waals surface area contributed by atoms with Crippen molar-refractivity contribution in [3.63, 3.8) is 0 Å². The van der Waals surface area contributed by atoms with E-state index in [1.165, 1.54) is 0 Å². The summed E-state index contributed by atoms with van der Waals surface area (Å²) in [5, 5.41) is 19.9. The number of nitrogens with one attached hydrogen (secondary N) is 1. The fourth-order valence-electron chi connectivity index (χ4n) is 2.79. The van der Waals surface area contributed by atoms with E-state index < -0.39 is 0 Å². The first-order valence-corrected chi connectivity index (χ1v) is 8.22. The highest BCUT2D eigenvalue weighted by atomic mass is 16.5. The molecule has 8 heteroatoms. The van der Waals surface area contributed by atoms with Crippen molar-refractivity contribution >= 4 is 6.03 Å². The molecule has 1 fully saturated rings. The maximum absolute atomic E-state index is 12.4. The zero-order chi connectivity index (χ0) is 17.6. The summed E-state index contributed by atoms with van der Waals surface area (Å²) in [6.45, 7) is 4.56. The van der Waals surface area contributed by atoms with Crippen LogP contribution in [-0.2, 0) is 17.8 Å². The standard InChI is InChI=1S/C17H20N6O2/c1-2-22-12-20-21-16(22)15-11-23(6-7-25-15)17(24)19-10-14-5-3-4-13(8-14)9-18/h3-5,8,12,15H,2,6-7,10-11H2,1H3,(H,19,24)/t15-/m1/s1. The molecule has 130 valence electrons. The number of carbonyl (C=O) groups is 1. The van der Waals surface area contributed by atoms with Crippen LogP contribution in [0.1, 0.15) is 30.0 Å². The van der Waals surface area contributed by atoms with E-state index >= 15 is 0 Å². The molecule has 1 atom stereocenters. The molecule has 1 saturated heterocycles. The van der Waals surface area contributed by atoms with Gasteiger partial charge in [-0.1, -0.05) is 12.1 Å². The van der Waals surface area contributed by atoms with E-state index in [4.69, 9.17) is 10.00 Å². The van der Waals surface area contributed by atoms with E-state index in [9.17, 15) is 4.79 Å². The molecule has 0 bridgehead atoms. The summed E-state index contributed by atoms with van der Waals surface area (Å²) in [6, 6.07) is 9.14. The molecule has 1 aliphatic heterocycles. The molecule has 3 rings (SSSR count). The number of benzene rings is 1. The number of amides is 2. The first kappa shape index (κ1) is 16.9. The van der Waals surface area contributed by atoms with Crippen LogP contribution in [0.3, 0.4) is 0 Å². The Bertz CT molecular complexity index is 781. The minimum absolute atomic E-state index is 0.154. The number of urea groups is 1. The number of nitriles is 1. The van der Waals surface area contributed by atoms with Crippen LogP contribution >= 0.6 is 0 Å². The Morgan fingerprint density at radius 2 is 2.40 bits per heavy atom. The third kappa shape index (κ3) is 3.95. The fourth-order valence-corrected chi connectivity index (χ4v) is 2.79. The van der Waals surface area contributed by atoms with E-state index in [1.807, 2.05) is 23.6 Å². The lowest BCUT2D eigenvalue weighted by molar-refractivity contribution is -0.0218. The Labute approximate surface area is 146 Å². The van der Waals surface area contributed by atoms with Crippen molar-refractivity contribution in [2.75, 3.05) is 19.7 Å². The Hall–Kier alpha value is -2.92. The van der Waals surface area contributed by atoms with E-state index in [2.05, 4.69) is 21.6 Å². The maximum Gasteiger partial charge on any atom is 0.317 e. The van der Waals surface area contributed by atoms with Crippen LogP contribution in [0.15, 0.2) is 30.6 Å². The molecule has 8 nitrogen and oxygen atoms in total. The predicted molar refractivity (Wildman–Crippen MR) is 89.4 cm³/mol. The number of hydrogen-bond donors (Lipinski definition) is 1. The van der Waals surface area contributed by atoms with Crippen LogP contribution in [0.5, 0.6) is 0 Å². The normalized spacial score (nSPS) is 17.1. The zero-order valence-electron chi connectivity index (χ0n) is 14.1. The monoisotopic (exact) mass is 340 g/mol. The predicted octanol–water partition coefficient (Wildman–Crippen LogP) is 1.45. The molecule has 0 aliphatic carbocycles. The highest BCUT2D eigenvalue weighted by molar-refractivity contribution is 5.74. The second-order valence-electron chi connectivity index (χ2n) is 5.75. The van der Waals surface area contributed by atoms with Gasteiger partial charge >= 0.3 is 6.03 Å². The van der Waals surface area contributed by atoms with Gasteiger partial charge in [0.25, 0.3) is 0 Å². The van der Waals surface area contributed by atoms with Crippen LogP contribution in [-0.4, -0.2) is 45.4 Å². The zero-order valence-corrected chi connectivity index (χ0v) is 14.1. The Balaban J connectivity index is 1.59. The second kappa shape index (κ2) is 7.77. The van der Waals surface area contributed by atoms with E-state index in [0.29, 0.717) is 31.8 Å². The summed E-state index contributed by atoms with van der Waals surface area (Å²) in [7, 11) is 0. The van der Waals surface area contributed by atoms with Crippen LogP contribution < -0.4 is 5.32 Å².